The van der Waals surface area contributed by atoms with Gasteiger partial charge in [-0.05, 0) is 51.7 Å². The zero-order valence-electron chi connectivity index (χ0n) is 10.6. The summed E-state index contributed by atoms with van der Waals surface area (Å²) >= 11 is 0. The van der Waals surface area contributed by atoms with Crippen molar-refractivity contribution < 1.29 is 4.74 Å². The van der Waals surface area contributed by atoms with E-state index in [1.54, 1.807) is 0 Å². The molecule has 2 heterocycles. The van der Waals surface area contributed by atoms with Crippen LogP contribution >= 0.6 is 0 Å². The van der Waals surface area contributed by atoms with Gasteiger partial charge < -0.3 is 15.0 Å². The Balaban J connectivity index is 1.67. The second-order valence-corrected chi connectivity index (χ2v) is 5.11. The fraction of sp³-hybridized carbons (Fsp3) is 1.00. The van der Waals surface area contributed by atoms with Crippen LogP contribution in [-0.2, 0) is 4.74 Å². The lowest BCUT2D eigenvalue weighted by molar-refractivity contribution is 0.0239. The molecule has 2 aliphatic heterocycles. The molecule has 0 aromatic heterocycles. The number of hydrogen-bond acceptors (Lipinski definition) is 3. The van der Waals surface area contributed by atoms with Crippen molar-refractivity contribution >= 4 is 0 Å². The van der Waals surface area contributed by atoms with Crippen LogP contribution < -0.4 is 5.32 Å². The van der Waals surface area contributed by atoms with Gasteiger partial charge in [-0.1, -0.05) is 6.92 Å². The van der Waals surface area contributed by atoms with Gasteiger partial charge in [0.1, 0.15) is 0 Å². The quantitative estimate of drug-likeness (QED) is 0.788. The maximum absolute atomic E-state index is 5.43. The van der Waals surface area contributed by atoms with E-state index in [0.717, 1.165) is 25.3 Å². The van der Waals surface area contributed by atoms with Crippen molar-refractivity contribution in [2.24, 2.45) is 0 Å². The second-order valence-electron chi connectivity index (χ2n) is 5.11. The summed E-state index contributed by atoms with van der Waals surface area (Å²) in [5, 5.41) is 3.64. The Kier molecular flexibility index (Phi) is 5.07. The predicted molar refractivity (Wildman–Crippen MR) is 66.7 cm³/mol. The first-order valence-electron chi connectivity index (χ1n) is 6.95. The van der Waals surface area contributed by atoms with Crippen molar-refractivity contribution in [1.82, 2.24) is 10.2 Å². The summed E-state index contributed by atoms with van der Waals surface area (Å²) in [7, 11) is 0. The standard InChI is InChI=1S/C13H26N2O/c1-2-7-14-12-3-8-15(9-4-12)13-5-10-16-11-6-13/h12-14H,2-11H2,1H3. The van der Waals surface area contributed by atoms with Crippen molar-refractivity contribution in [2.45, 2.75) is 51.1 Å². The third kappa shape index (κ3) is 3.44. The zero-order chi connectivity index (χ0) is 11.2. The molecule has 0 spiro atoms. The molecule has 94 valence electrons. The van der Waals surface area contributed by atoms with Crippen molar-refractivity contribution in [1.29, 1.82) is 0 Å². The largest absolute Gasteiger partial charge is 0.381 e. The first-order valence-corrected chi connectivity index (χ1v) is 6.95. The molecule has 2 fully saturated rings. The lowest BCUT2D eigenvalue weighted by Gasteiger charge is -2.39. The van der Waals surface area contributed by atoms with E-state index in [-0.39, 0.29) is 0 Å². The minimum Gasteiger partial charge on any atom is -0.381 e. The van der Waals surface area contributed by atoms with Gasteiger partial charge in [0.2, 0.25) is 0 Å². The molecule has 0 amide bonds. The molecule has 0 aromatic carbocycles. The van der Waals surface area contributed by atoms with Crippen LogP contribution in [0.3, 0.4) is 0 Å². The SMILES string of the molecule is CCCNC1CCN(C2CCOCC2)CC1. The van der Waals surface area contributed by atoms with Gasteiger partial charge in [-0.3, -0.25) is 0 Å². The van der Waals surface area contributed by atoms with E-state index < -0.39 is 0 Å². The number of piperidine rings is 1. The van der Waals surface area contributed by atoms with Crippen LogP contribution in [0.25, 0.3) is 0 Å². The van der Waals surface area contributed by atoms with Crippen LogP contribution in [0, 0.1) is 0 Å². The molecule has 0 unspecified atom stereocenters. The minimum absolute atomic E-state index is 0.774. The van der Waals surface area contributed by atoms with E-state index in [2.05, 4.69) is 17.1 Å². The van der Waals surface area contributed by atoms with E-state index in [1.807, 2.05) is 0 Å². The zero-order valence-corrected chi connectivity index (χ0v) is 10.6. The maximum Gasteiger partial charge on any atom is 0.0480 e. The monoisotopic (exact) mass is 226 g/mol. The summed E-state index contributed by atoms with van der Waals surface area (Å²) in [4.78, 5) is 2.69. The van der Waals surface area contributed by atoms with Crippen molar-refractivity contribution in [3.8, 4) is 0 Å². The molecule has 0 atom stereocenters. The highest BCUT2D eigenvalue weighted by molar-refractivity contribution is 4.82. The molecular weight excluding hydrogens is 200 g/mol. The van der Waals surface area contributed by atoms with Gasteiger partial charge in [0, 0.05) is 25.3 Å². The van der Waals surface area contributed by atoms with Gasteiger partial charge in [0.25, 0.3) is 0 Å². The second kappa shape index (κ2) is 6.58. The van der Waals surface area contributed by atoms with Crippen LogP contribution in [0.4, 0.5) is 0 Å². The average Bonchev–Trinajstić information content (AvgIpc) is 2.38. The number of nitrogens with one attached hydrogen (secondary N) is 1. The molecule has 2 aliphatic rings. The van der Waals surface area contributed by atoms with Crippen molar-refractivity contribution in [3.05, 3.63) is 0 Å². The maximum atomic E-state index is 5.43. The Bertz CT molecular complexity index is 184. The molecule has 2 rings (SSSR count). The van der Waals surface area contributed by atoms with Gasteiger partial charge in [-0.2, -0.15) is 0 Å². The number of rotatable bonds is 4. The number of ether oxygens (including phenoxy) is 1. The number of nitrogens with zero attached hydrogens (tertiary/aromatic N) is 1. The third-order valence-electron chi connectivity index (χ3n) is 3.92. The van der Waals surface area contributed by atoms with Gasteiger partial charge in [0.05, 0.1) is 0 Å². The molecule has 16 heavy (non-hydrogen) atoms. The minimum atomic E-state index is 0.774. The average molecular weight is 226 g/mol. The Hall–Kier alpha value is -0.120. The highest BCUT2D eigenvalue weighted by Gasteiger charge is 2.25. The molecule has 0 aliphatic carbocycles. The van der Waals surface area contributed by atoms with Crippen LogP contribution in [0.1, 0.15) is 39.0 Å². The number of likely N-dealkylation sites (tertiary alicyclic amines) is 1. The molecule has 2 saturated heterocycles. The van der Waals surface area contributed by atoms with Crippen LogP contribution in [0.2, 0.25) is 0 Å². The van der Waals surface area contributed by atoms with Gasteiger partial charge in [-0.25, -0.2) is 0 Å². The van der Waals surface area contributed by atoms with E-state index >= 15 is 0 Å². The summed E-state index contributed by atoms with van der Waals surface area (Å²) in [6.45, 7) is 7.93. The van der Waals surface area contributed by atoms with E-state index in [4.69, 9.17) is 4.74 Å². The summed E-state index contributed by atoms with van der Waals surface area (Å²) in [5.74, 6) is 0. The van der Waals surface area contributed by atoms with Gasteiger partial charge in [-0.15, -0.1) is 0 Å². The molecule has 3 nitrogen and oxygen atoms in total. The molecule has 1 N–H and O–H groups in total. The molecule has 3 heteroatoms. The summed E-state index contributed by atoms with van der Waals surface area (Å²) in [6, 6.07) is 1.58. The van der Waals surface area contributed by atoms with Crippen molar-refractivity contribution in [2.75, 3.05) is 32.8 Å². The predicted octanol–water partition coefficient (Wildman–Crippen LogP) is 1.63. The topological polar surface area (TPSA) is 24.5 Å². The van der Waals surface area contributed by atoms with E-state index in [9.17, 15) is 0 Å². The number of hydrogen-bond donors (Lipinski definition) is 1. The lowest BCUT2D eigenvalue weighted by atomic mass is 9.99. The van der Waals surface area contributed by atoms with Gasteiger partial charge >= 0.3 is 0 Å². The molecule has 0 bridgehead atoms. The van der Waals surface area contributed by atoms with Crippen molar-refractivity contribution in [3.63, 3.8) is 0 Å². The fourth-order valence-corrected chi connectivity index (χ4v) is 2.87. The third-order valence-corrected chi connectivity index (χ3v) is 3.92. The summed E-state index contributed by atoms with van der Waals surface area (Å²) in [5.41, 5.74) is 0. The van der Waals surface area contributed by atoms with Crippen LogP contribution in [0.5, 0.6) is 0 Å². The Morgan fingerprint density at radius 2 is 1.81 bits per heavy atom. The smallest absolute Gasteiger partial charge is 0.0480 e. The fourth-order valence-electron chi connectivity index (χ4n) is 2.87. The van der Waals surface area contributed by atoms with E-state index in [0.29, 0.717) is 0 Å². The molecule has 0 radical (unpaired) electrons. The van der Waals surface area contributed by atoms with Gasteiger partial charge in [0.15, 0.2) is 0 Å². The Labute approximate surface area is 99.5 Å². The Morgan fingerprint density at radius 1 is 1.12 bits per heavy atom. The highest BCUT2D eigenvalue weighted by atomic mass is 16.5. The first kappa shape index (κ1) is 12.3. The normalized spacial score (nSPS) is 26.1. The molecule has 0 saturated carbocycles. The first-order chi connectivity index (χ1) is 7.90. The lowest BCUT2D eigenvalue weighted by Crippen LogP contribution is -2.48. The molecule has 0 aromatic rings. The summed E-state index contributed by atoms with van der Waals surface area (Å²) < 4.78 is 5.43. The summed E-state index contributed by atoms with van der Waals surface area (Å²) in [6.07, 6.45) is 6.40. The van der Waals surface area contributed by atoms with E-state index in [1.165, 1.54) is 51.7 Å². The van der Waals surface area contributed by atoms with Crippen LogP contribution in [0.15, 0.2) is 0 Å². The molecular formula is C13H26N2O. The highest BCUT2D eigenvalue weighted by Crippen LogP contribution is 2.19. The Morgan fingerprint density at radius 3 is 2.44 bits per heavy atom. The van der Waals surface area contributed by atoms with Crippen LogP contribution in [-0.4, -0.2) is 49.8 Å².